The lowest BCUT2D eigenvalue weighted by molar-refractivity contribution is -0.136. The van der Waals surface area contributed by atoms with Crippen LogP contribution >= 0.6 is 0 Å². The van der Waals surface area contributed by atoms with Crippen LogP contribution in [-0.4, -0.2) is 11.1 Å². The first-order valence-electron chi connectivity index (χ1n) is 8.77. The van der Waals surface area contributed by atoms with Gasteiger partial charge in [-0.25, -0.2) is 0 Å². The van der Waals surface area contributed by atoms with Crippen molar-refractivity contribution in [3.8, 4) is 11.1 Å². The van der Waals surface area contributed by atoms with Crippen LogP contribution in [-0.2, 0) is 17.6 Å². The normalized spacial score (nSPS) is 11.2. The maximum absolute atomic E-state index is 11.4. The number of rotatable bonds is 5. The van der Waals surface area contributed by atoms with Gasteiger partial charge in [-0.05, 0) is 58.2 Å². The molecular formula is C23H24O2. The molecule has 0 heterocycles. The summed E-state index contributed by atoms with van der Waals surface area (Å²) in [7, 11) is 0. The quantitative estimate of drug-likeness (QED) is 0.675. The molecule has 2 aliphatic carbocycles. The average molecular weight is 332 g/mol. The molecule has 0 unspecified atom stereocenters. The number of carbonyl (C=O) groups is 1. The number of fused-ring (bicyclic) bond motifs is 1. The van der Waals surface area contributed by atoms with Crippen molar-refractivity contribution in [2.24, 2.45) is 0 Å². The second-order valence-corrected chi connectivity index (χ2v) is 6.96. The Kier molecular flexibility index (Phi) is 4.89. The first-order valence-corrected chi connectivity index (χ1v) is 8.77. The van der Waals surface area contributed by atoms with Crippen LogP contribution in [0.3, 0.4) is 0 Å². The topological polar surface area (TPSA) is 37.3 Å². The largest absolute Gasteiger partial charge is 0.481 e. The second-order valence-electron chi connectivity index (χ2n) is 6.96. The SMILES string of the molecule is Cc1c(CC(=O)O)c2ccc(C(C)C)ccc-2c1Cc1ccccc1. The summed E-state index contributed by atoms with van der Waals surface area (Å²) in [6, 6.07) is 18.9. The molecule has 128 valence electrons. The average Bonchev–Trinajstić information content (AvgIpc) is 2.74. The molecule has 1 aromatic rings. The van der Waals surface area contributed by atoms with Gasteiger partial charge >= 0.3 is 5.97 Å². The molecule has 2 nitrogen and oxygen atoms in total. The van der Waals surface area contributed by atoms with Crippen molar-refractivity contribution in [3.05, 3.63) is 82.4 Å². The fourth-order valence-electron chi connectivity index (χ4n) is 3.50. The summed E-state index contributed by atoms with van der Waals surface area (Å²) in [6.07, 6.45) is 0.891. The fourth-order valence-corrected chi connectivity index (χ4v) is 3.50. The summed E-state index contributed by atoms with van der Waals surface area (Å²) in [5.74, 6) is -0.338. The third-order valence-electron chi connectivity index (χ3n) is 4.95. The Bertz CT molecular complexity index is 863. The van der Waals surface area contributed by atoms with Crippen LogP contribution in [0, 0.1) is 6.92 Å². The van der Waals surface area contributed by atoms with E-state index in [1.165, 1.54) is 22.3 Å². The van der Waals surface area contributed by atoms with E-state index < -0.39 is 5.97 Å². The Morgan fingerprint density at radius 1 is 0.920 bits per heavy atom. The summed E-state index contributed by atoms with van der Waals surface area (Å²) >= 11 is 0. The summed E-state index contributed by atoms with van der Waals surface area (Å²) in [5.41, 5.74) is 8.04. The van der Waals surface area contributed by atoms with E-state index in [2.05, 4.69) is 57.2 Å². The van der Waals surface area contributed by atoms with Crippen molar-refractivity contribution >= 4 is 5.97 Å². The van der Waals surface area contributed by atoms with E-state index in [4.69, 9.17) is 0 Å². The van der Waals surface area contributed by atoms with E-state index in [0.29, 0.717) is 5.92 Å². The van der Waals surface area contributed by atoms with E-state index >= 15 is 0 Å². The van der Waals surface area contributed by atoms with Gasteiger partial charge in [-0.1, -0.05) is 68.4 Å². The molecule has 0 spiro atoms. The van der Waals surface area contributed by atoms with Gasteiger partial charge in [0.15, 0.2) is 0 Å². The van der Waals surface area contributed by atoms with Gasteiger partial charge in [-0.3, -0.25) is 4.79 Å². The van der Waals surface area contributed by atoms with Crippen LogP contribution in [0.2, 0.25) is 0 Å². The number of carboxylic acids is 1. The minimum atomic E-state index is -0.781. The standard InChI is InChI=1S/C23H24O2/c1-15(2)18-9-11-19-20(12-10-18)22(14-23(24)25)16(3)21(19)13-17-7-5-4-6-8-17/h4-12,15H,13-14H2,1-3H3,(H,24,25). The predicted molar refractivity (Wildman–Crippen MR) is 102 cm³/mol. The molecular weight excluding hydrogens is 308 g/mol. The number of benzene rings is 1. The van der Waals surface area contributed by atoms with Crippen molar-refractivity contribution in [2.75, 3.05) is 0 Å². The molecule has 25 heavy (non-hydrogen) atoms. The fraction of sp³-hybridized carbons (Fsp3) is 0.261. The first-order chi connectivity index (χ1) is 12.0. The number of carboxylic acid groups (broad SMARTS) is 1. The zero-order valence-electron chi connectivity index (χ0n) is 15.0. The van der Waals surface area contributed by atoms with Crippen molar-refractivity contribution in [3.63, 3.8) is 0 Å². The van der Waals surface area contributed by atoms with Gasteiger partial charge in [-0.15, -0.1) is 0 Å². The Balaban J connectivity index is 2.17. The minimum Gasteiger partial charge on any atom is -0.481 e. The third-order valence-corrected chi connectivity index (χ3v) is 4.95. The van der Waals surface area contributed by atoms with Gasteiger partial charge in [0, 0.05) is 0 Å². The molecule has 0 bridgehead atoms. The lowest BCUT2D eigenvalue weighted by Gasteiger charge is -2.04. The lowest BCUT2D eigenvalue weighted by atomic mass is 10.0. The van der Waals surface area contributed by atoms with Crippen LogP contribution < -0.4 is 0 Å². The van der Waals surface area contributed by atoms with Crippen LogP contribution in [0.1, 0.15) is 47.6 Å². The highest BCUT2D eigenvalue weighted by molar-refractivity contribution is 5.83. The second kappa shape index (κ2) is 7.10. The van der Waals surface area contributed by atoms with Crippen molar-refractivity contribution < 1.29 is 9.90 Å². The molecule has 3 rings (SSSR count). The Hall–Kier alpha value is -2.61. The number of hydrogen-bond donors (Lipinski definition) is 1. The summed E-state index contributed by atoms with van der Waals surface area (Å²) < 4.78 is 0. The van der Waals surface area contributed by atoms with Gasteiger partial charge in [0.05, 0.1) is 6.42 Å². The predicted octanol–water partition coefficient (Wildman–Crippen LogP) is 5.44. The molecule has 2 aliphatic rings. The highest BCUT2D eigenvalue weighted by Gasteiger charge is 2.21. The lowest BCUT2D eigenvalue weighted by Crippen LogP contribution is -2.01. The van der Waals surface area contributed by atoms with Gasteiger partial charge in [0.25, 0.3) is 0 Å². The summed E-state index contributed by atoms with van der Waals surface area (Å²) in [6.45, 7) is 6.41. The van der Waals surface area contributed by atoms with Crippen LogP contribution in [0.5, 0.6) is 0 Å². The smallest absolute Gasteiger partial charge is 0.307 e. The van der Waals surface area contributed by atoms with Crippen LogP contribution in [0.4, 0.5) is 0 Å². The third kappa shape index (κ3) is 3.58. The summed E-state index contributed by atoms with van der Waals surface area (Å²) in [4.78, 5) is 11.4. The van der Waals surface area contributed by atoms with E-state index in [1.807, 2.05) is 18.2 Å². The van der Waals surface area contributed by atoms with E-state index in [9.17, 15) is 9.90 Å². The maximum Gasteiger partial charge on any atom is 0.307 e. The van der Waals surface area contributed by atoms with E-state index in [-0.39, 0.29) is 6.42 Å². The molecule has 1 N–H and O–H groups in total. The van der Waals surface area contributed by atoms with Gasteiger partial charge in [0.2, 0.25) is 0 Å². The van der Waals surface area contributed by atoms with Crippen LogP contribution in [0.15, 0.2) is 54.6 Å². The molecule has 0 fully saturated rings. The molecule has 0 radical (unpaired) electrons. The van der Waals surface area contributed by atoms with Crippen molar-refractivity contribution in [1.29, 1.82) is 0 Å². The van der Waals surface area contributed by atoms with Crippen LogP contribution in [0.25, 0.3) is 11.1 Å². The molecule has 0 aromatic heterocycles. The van der Waals surface area contributed by atoms with Gasteiger partial charge < -0.3 is 5.11 Å². The Morgan fingerprint density at radius 3 is 2.08 bits per heavy atom. The minimum absolute atomic E-state index is 0.0676. The molecule has 0 saturated heterocycles. The van der Waals surface area contributed by atoms with E-state index in [1.54, 1.807) is 0 Å². The van der Waals surface area contributed by atoms with Gasteiger partial charge in [0.1, 0.15) is 0 Å². The molecule has 0 amide bonds. The zero-order chi connectivity index (χ0) is 18.0. The monoisotopic (exact) mass is 332 g/mol. The van der Waals surface area contributed by atoms with Crippen molar-refractivity contribution in [2.45, 2.75) is 39.5 Å². The summed E-state index contributed by atoms with van der Waals surface area (Å²) in [5, 5.41) is 9.36. The maximum atomic E-state index is 11.4. The molecule has 0 aliphatic heterocycles. The molecule has 1 aromatic carbocycles. The zero-order valence-corrected chi connectivity index (χ0v) is 15.0. The van der Waals surface area contributed by atoms with Gasteiger partial charge in [-0.2, -0.15) is 0 Å². The van der Waals surface area contributed by atoms with Crippen molar-refractivity contribution in [1.82, 2.24) is 0 Å². The number of hydrogen-bond acceptors (Lipinski definition) is 1. The molecule has 0 atom stereocenters. The Labute approximate surface area is 149 Å². The first kappa shape index (κ1) is 17.2. The van der Waals surface area contributed by atoms with E-state index in [0.717, 1.165) is 23.1 Å². The Morgan fingerprint density at radius 2 is 1.52 bits per heavy atom. The highest BCUT2D eigenvalue weighted by Crippen LogP contribution is 2.38. The number of aliphatic carboxylic acids is 1. The highest BCUT2D eigenvalue weighted by atomic mass is 16.4. The molecule has 2 heteroatoms. The molecule has 0 saturated carbocycles.